The number of fused-ring (bicyclic) bond motifs is 10. The average Bonchev–Trinajstić information content (AvgIpc) is 4.06. The van der Waals surface area contributed by atoms with Crippen molar-refractivity contribution in [3.63, 3.8) is 0 Å². The molecule has 0 unspecified atom stereocenters. The molecule has 0 bridgehead atoms. The molecule has 7 heteroatoms. The first-order valence-electron chi connectivity index (χ1n) is 22.1. The second-order valence-corrected chi connectivity index (χ2v) is 18.8. The molecule has 0 spiro atoms. The summed E-state index contributed by atoms with van der Waals surface area (Å²) in [7, 11) is 0. The van der Waals surface area contributed by atoms with Crippen molar-refractivity contribution in [2.45, 2.75) is 0 Å². The van der Waals surface area contributed by atoms with Crippen molar-refractivity contribution in [3.05, 3.63) is 229 Å². The van der Waals surface area contributed by atoms with Gasteiger partial charge in [-0.15, -0.1) is 22.7 Å². The largest absolute Gasteiger partial charge is 0.309 e. The van der Waals surface area contributed by atoms with E-state index < -0.39 is 0 Å². The van der Waals surface area contributed by atoms with E-state index in [0.29, 0.717) is 11.3 Å². The van der Waals surface area contributed by atoms with Crippen LogP contribution in [0.25, 0.3) is 83.5 Å². The van der Waals surface area contributed by atoms with Gasteiger partial charge < -0.3 is 14.4 Å². The Morgan fingerprint density at radius 3 is 1.60 bits per heavy atom. The average molecular weight is 890 g/mol. The van der Waals surface area contributed by atoms with Gasteiger partial charge in [-0.2, -0.15) is 5.26 Å². The van der Waals surface area contributed by atoms with Crippen LogP contribution in [0.15, 0.2) is 212 Å². The van der Waals surface area contributed by atoms with Crippen molar-refractivity contribution in [2.24, 2.45) is 0 Å². The highest BCUT2D eigenvalue weighted by Crippen LogP contribution is 2.48. The summed E-state index contributed by atoms with van der Waals surface area (Å²) < 4.78 is 7.32. The summed E-state index contributed by atoms with van der Waals surface area (Å²) in [5.74, 6) is 0. The van der Waals surface area contributed by atoms with Gasteiger partial charge in [-0.05, 0) is 120 Å². The van der Waals surface area contributed by atoms with Crippen LogP contribution < -0.4 is 9.80 Å². The van der Waals surface area contributed by atoms with Crippen molar-refractivity contribution in [2.75, 3.05) is 9.80 Å². The fourth-order valence-corrected chi connectivity index (χ4v) is 12.3. The topological polar surface area (TPSA) is 39.6 Å². The lowest BCUT2D eigenvalue weighted by molar-refractivity contribution is 1.18. The molecule has 3 aromatic heterocycles. The number of anilines is 6. The zero-order valence-corrected chi connectivity index (χ0v) is 37.4. The van der Waals surface area contributed by atoms with Crippen LogP contribution >= 0.6 is 22.7 Å². The van der Waals surface area contributed by atoms with Crippen molar-refractivity contribution in [1.29, 1.82) is 5.26 Å². The molecule has 0 aliphatic rings. The number of nitriles is 1. The van der Waals surface area contributed by atoms with Gasteiger partial charge in [0.15, 0.2) is 5.69 Å². The van der Waals surface area contributed by atoms with E-state index >= 15 is 0 Å². The van der Waals surface area contributed by atoms with Crippen LogP contribution in [0.2, 0.25) is 0 Å². The van der Waals surface area contributed by atoms with Crippen LogP contribution in [-0.2, 0) is 0 Å². The Balaban J connectivity index is 1.03. The molecule has 0 aliphatic heterocycles. The number of thiophene rings is 2. The van der Waals surface area contributed by atoms with Crippen LogP contribution in [0.1, 0.15) is 5.56 Å². The van der Waals surface area contributed by atoms with E-state index in [0.717, 1.165) is 67.0 Å². The first-order chi connectivity index (χ1) is 33.1. The zero-order valence-electron chi connectivity index (χ0n) is 35.8. The first-order valence-corrected chi connectivity index (χ1v) is 23.7. The van der Waals surface area contributed by atoms with Crippen molar-refractivity contribution < 1.29 is 0 Å². The Hall–Kier alpha value is -8.72. The molecule has 67 heavy (non-hydrogen) atoms. The van der Waals surface area contributed by atoms with Gasteiger partial charge in [0.05, 0.1) is 50.0 Å². The minimum Gasteiger partial charge on any atom is -0.309 e. The van der Waals surface area contributed by atoms with E-state index in [-0.39, 0.29) is 0 Å². The quantitative estimate of drug-likeness (QED) is 0.150. The smallest absolute Gasteiger partial charge is 0.187 e. The Bertz CT molecular complexity index is 4190. The van der Waals surface area contributed by atoms with Gasteiger partial charge in [0, 0.05) is 70.2 Å². The van der Waals surface area contributed by atoms with Gasteiger partial charge in [0.2, 0.25) is 0 Å². The van der Waals surface area contributed by atoms with Gasteiger partial charge >= 0.3 is 0 Å². The molecule has 0 amide bonds. The lowest BCUT2D eigenvalue weighted by Gasteiger charge is -2.26. The molecule has 0 fully saturated rings. The third kappa shape index (κ3) is 6.26. The molecule has 3 heterocycles. The molecule has 5 nitrogen and oxygen atoms in total. The molecule has 0 saturated heterocycles. The van der Waals surface area contributed by atoms with Crippen molar-refractivity contribution in [1.82, 2.24) is 4.57 Å². The fraction of sp³-hybridized carbons (Fsp3) is 0. The minimum atomic E-state index is 0.610. The maximum atomic E-state index is 9.77. The number of aromatic nitrogens is 1. The second kappa shape index (κ2) is 15.5. The van der Waals surface area contributed by atoms with E-state index in [4.69, 9.17) is 6.57 Å². The maximum Gasteiger partial charge on any atom is 0.187 e. The highest BCUT2D eigenvalue weighted by Gasteiger charge is 2.23. The summed E-state index contributed by atoms with van der Waals surface area (Å²) in [6, 6.07) is 77.5. The lowest BCUT2D eigenvalue weighted by atomic mass is 10.0. The Morgan fingerprint density at radius 2 is 0.970 bits per heavy atom. The van der Waals surface area contributed by atoms with Crippen molar-refractivity contribution >= 4 is 135 Å². The van der Waals surface area contributed by atoms with Crippen LogP contribution in [0.3, 0.4) is 0 Å². The summed E-state index contributed by atoms with van der Waals surface area (Å²) in [4.78, 5) is 8.38. The molecule has 13 rings (SSSR count). The van der Waals surface area contributed by atoms with E-state index in [9.17, 15) is 5.26 Å². The molecular weight excluding hydrogens is 855 g/mol. The Labute approximate surface area is 393 Å². The summed E-state index contributed by atoms with van der Waals surface area (Å²) in [6.45, 7) is 7.67. The highest BCUT2D eigenvalue weighted by atomic mass is 32.1. The summed E-state index contributed by atoms with van der Waals surface area (Å²) in [5, 5.41) is 19.3. The van der Waals surface area contributed by atoms with E-state index in [1.54, 1.807) is 0 Å². The van der Waals surface area contributed by atoms with Gasteiger partial charge in [-0.3, -0.25) is 0 Å². The first kappa shape index (κ1) is 38.7. The standard InChI is InChI=1S/C60H35N5S2/c1-62-41-24-29-44(30-25-41)63(53-17-9-15-50-48-13-5-7-19-57(48)66-59(50)53)45-28-23-39-34-52-47-32-31-46(36-56(47)65(42-11-3-2-4-12-42)55(52)35-40(39)33-45)64(43-26-21-38(37-61)22-27-43)54-18-10-16-51-49-14-6-8-20-58(49)67-60(51)54/h2-36H. The van der Waals surface area contributed by atoms with E-state index in [1.807, 2.05) is 46.9 Å². The fourth-order valence-electron chi connectivity index (χ4n) is 9.90. The van der Waals surface area contributed by atoms with Gasteiger partial charge in [-0.25, -0.2) is 4.85 Å². The highest BCUT2D eigenvalue weighted by molar-refractivity contribution is 7.26. The minimum absolute atomic E-state index is 0.610. The van der Waals surface area contributed by atoms with E-state index in [2.05, 4.69) is 213 Å². The van der Waals surface area contributed by atoms with Crippen LogP contribution in [0.4, 0.5) is 39.8 Å². The number of para-hydroxylation sites is 1. The molecule has 0 N–H and O–H groups in total. The van der Waals surface area contributed by atoms with Crippen LogP contribution in [0, 0.1) is 17.9 Å². The monoisotopic (exact) mass is 889 g/mol. The third-order valence-electron chi connectivity index (χ3n) is 13.0. The predicted octanol–water partition coefficient (Wildman–Crippen LogP) is 18.0. The Kier molecular flexibility index (Phi) is 8.94. The predicted molar refractivity (Wildman–Crippen MR) is 284 cm³/mol. The van der Waals surface area contributed by atoms with Crippen LogP contribution in [-0.4, -0.2) is 4.57 Å². The molecule has 13 aromatic rings. The number of nitrogens with zero attached hydrogens (tertiary/aromatic N) is 5. The normalized spacial score (nSPS) is 11.6. The summed E-state index contributed by atoms with van der Waals surface area (Å²) in [5.41, 5.74) is 10.7. The lowest BCUT2D eigenvalue weighted by Crippen LogP contribution is -2.10. The van der Waals surface area contributed by atoms with Gasteiger partial charge in [0.25, 0.3) is 0 Å². The SMILES string of the molecule is [C-]#[N+]c1ccc(N(c2ccc3cc4c5ccc(N(c6ccc(C#N)cc6)c6cccc7c6sc6ccccc67)cc5n(-c5ccccc5)c4cc3c2)c2cccc3c2sc2ccccc23)cc1. The summed E-state index contributed by atoms with van der Waals surface area (Å²) >= 11 is 3.63. The van der Waals surface area contributed by atoms with Gasteiger partial charge in [-0.1, -0.05) is 103 Å². The molecule has 0 atom stereocenters. The van der Waals surface area contributed by atoms with Crippen molar-refractivity contribution in [3.8, 4) is 11.8 Å². The second-order valence-electron chi connectivity index (χ2n) is 16.7. The molecule has 312 valence electrons. The molecule has 0 saturated carbocycles. The summed E-state index contributed by atoms with van der Waals surface area (Å²) in [6.07, 6.45) is 0. The number of rotatable bonds is 7. The zero-order chi connectivity index (χ0) is 44.6. The molecule has 10 aromatic carbocycles. The number of hydrogen-bond donors (Lipinski definition) is 0. The third-order valence-corrected chi connectivity index (χ3v) is 15.4. The number of benzene rings is 10. The molecule has 0 aliphatic carbocycles. The van der Waals surface area contributed by atoms with Crippen LogP contribution in [0.5, 0.6) is 0 Å². The van der Waals surface area contributed by atoms with Gasteiger partial charge in [0.1, 0.15) is 0 Å². The Morgan fingerprint density at radius 1 is 0.433 bits per heavy atom. The molecular formula is C60H35N5S2. The van der Waals surface area contributed by atoms with E-state index in [1.165, 1.54) is 45.7 Å². The molecule has 0 radical (unpaired) electrons. The number of hydrogen-bond acceptors (Lipinski definition) is 5. The maximum absolute atomic E-state index is 9.77.